The molecule has 3 rings (SSSR count). The van der Waals surface area contributed by atoms with Crippen LogP contribution in [0.4, 0.5) is 11.6 Å². The normalized spacial score (nSPS) is 16.0. The van der Waals surface area contributed by atoms with Gasteiger partial charge in [0.1, 0.15) is 12.4 Å². The molecule has 0 saturated heterocycles. The number of fused-ring (bicyclic) bond motifs is 1. The Balaban J connectivity index is 1.66. The van der Waals surface area contributed by atoms with Gasteiger partial charge in [0.05, 0.1) is 6.42 Å². The average Bonchev–Trinajstić information content (AvgIpc) is 3.03. The molecule has 1 aromatic heterocycles. The van der Waals surface area contributed by atoms with Gasteiger partial charge in [-0.05, 0) is 31.2 Å². The summed E-state index contributed by atoms with van der Waals surface area (Å²) in [7, 11) is 0. The number of benzene rings is 1. The van der Waals surface area contributed by atoms with Crippen molar-refractivity contribution in [3.63, 3.8) is 0 Å². The summed E-state index contributed by atoms with van der Waals surface area (Å²) in [5.41, 5.74) is 1.13. The van der Waals surface area contributed by atoms with Crippen LogP contribution in [0, 0.1) is 0 Å². The molecule has 1 aromatic carbocycles. The summed E-state index contributed by atoms with van der Waals surface area (Å²) in [4.78, 5) is 38.9. The number of nitrogens with one attached hydrogen (secondary N) is 2. The summed E-state index contributed by atoms with van der Waals surface area (Å²) in [6.07, 6.45) is 1.27. The minimum atomic E-state index is -0.700. The zero-order chi connectivity index (χ0) is 15.7. The molecule has 2 aromatic rings. The van der Waals surface area contributed by atoms with Crippen LogP contribution >= 0.6 is 0 Å². The fraction of sp³-hybridized carbons (Fsp3) is 0.214. The van der Waals surface area contributed by atoms with E-state index in [1.54, 1.807) is 24.3 Å². The molecular formula is C14H13N5O3. The van der Waals surface area contributed by atoms with Gasteiger partial charge in [-0.25, -0.2) is 4.68 Å². The summed E-state index contributed by atoms with van der Waals surface area (Å²) >= 11 is 0. The molecular weight excluding hydrogens is 286 g/mol. The maximum atomic E-state index is 12.0. The third-order valence-corrected chi connectivity index (χ3v) is 3.36. The number of carbonyl (C=O) groups is 3. The molecule has 1 aliphatic rings. The number of anilines is 2. The zero-order valence-corrected chi connectivity index (χ0v) is 11.7. The van der Waals surface area contributed by atoms with Gasteiger partial charge in [0.2, 0.25) is 11.9 Å². The number of hydrogen-bond donors (Lipinski definition) is 2. The Morgan fingerprint density at radius 1 is 1.32 bits per heavy atom. The minimum Gasteiger partial charge on any atom is -0.326 e. The summed E-state index contributed by atoms with van der Waals surface area (Å²) in [5.74, 6) is -0.329. The molecule has 2 heterocycles. The van der Waals surface area contributed by atoms with Crippen molar-refractivity contribution in [2.45, 2.75) is 19.4 Å². The second-order valence-electron chi connectivity index (χ2n) is 4.92. The molecule has 0 saturated carbocycles. The first kappa shape index (κ1) is 13.9. The van der Waals surface area contributed by atoms with E-state index in [1.165, 1.54) is 17.9 Å². The van der Waals surface area contributed by atoms with Crippen molar-refractivity contribution in [1.82, 2.24) is 14.8 Å². The van der Waals surface area contributed by atoms with Gasteiger partial charge in [0, 0.05) is 11.3 Å². The highest BCUT2D eigenvalue weighted by atomic mass is 16.2. The molecule has 1 atom stereocenters. The molecule has 0 radical (unpaired) electrons. The molecule has 8 nitrogen and oxygen atoms in total. The first-order valence-corrected chi connectivity index (χ1v) is 6.66. The second-order valence-corrected chi connectivity index (χ2v) is 4.92. The number of amides is 2. The Kier molecular flexibility index (Phi) is 3.42. The van der Waals surface area contributed by atoms with Crippen LogP contribution < -0.4 is 10.6 Å². The highest BCUT2D eigenvalue weighted by molar-refractivity contribution is 6.01. The monoisotopic (exact) mass is 299 g/mol. The summed E-state index contributed by atoms with van der Waals surface area (Å²) in [5, 5.41) is 9.16. The Labute approximate surface area is 125 Å². The summed E-state index contributed by atoms with van der Waals surface area (Å²) in [6, 6.07) is 5.86. The molecule has 1 aliphatic heterocycles. The first-order chi connectivity index (χ1) is 10.5. The number of aromatic nitrogens is 3. The van der Waals surface area contributed by atoms with Crippen molar-refractivity contribution in [1.29, 1.82) is 0 Å². The van der Waals surface area contributed by atoms with Crippen molar-refractivity contribution in [2.75, 3.05) is 10.6 Å². The molecule has 2 amide bonds. The van der Waals surface area contributed by atoms with Crippen molar-refractivity contribution in [3.8, 4) is 0 Å². The molecule has 0 bridgehead atoms. The molecule has 0 aliphatic carbocycles. The lowest BCUT2D eigenvalue weighted by Gasteiger charge is -2.09. The van der Waals surface area contributed by atoms with Gasteiger partial charge in [0.15, 0.2) is 5.78 Å². The zero-order valence-electron chi connectivity index (χ0n) is 11.7. The van der Waals surface area contributed by atoms with E-state index in [0.29, 0.717) is 17.2 Å². The van der Waals surface area contributed by atoms with Crippen molar-refractivity contribution in [3.05, 3.63) is 36.2 Å². The van der Waals surface area contributed by atoms with Gasteiger partial charge in [-0.2, -0.15) is 10.1 Å². The molecule has 2 N–H and O–H groups in total. The van der Waals surface area contributed by atoms with Crippen molar-refractivity contribution < 1.29 is 14.4 Å². The Hall–Kier alpha value is -3.03. The number of carbonyl (C=O) groups excluding carboxylic acids is 3. The third-order valence-electron chi connectivity index (χ3n) is 3.36. The number of nitrogens with zero attached hydrogens (tertiary/aromatic N) is 3. The van der Waals surface area contributed by atoms with Crippen LogP contribution in [0.2, 0.25) is 0 Å². The Morgan fingerprint density at radius 2 is 2.05 bits per heavy atom. The quantitative estimate of drug-likeness (QED) is 0.819. The molecule has 0 spiro atoms. The molecule has 22 heavy (non-hydrogen) atoms. The van der Waals surface area contributed by atoms with E-state index in [4.69, 9.17) is 0 Å². The van der Waals surface area contributed by atoms with E-state index in [-0.39, 0.29) is 24.0 Å². The molecule has 0 fully saturated rings. The van der Waals surface area contributed by atoms with Crippen LogP contribution in [0.15, 0.2) is 30.6 Å². The van der Waals surface area contributed by atoms with E-state index in [1.807, 2.05) is 0 Å². The number of rotatable bonds is 4. The maximum Gasteiger partial charge on any atom is 0.252 e. The van der Waals surface area contributed by atoms with Gasteiger partial charge in [0.25, 0.3) is 5.91 Å². The molecule has 112 valence electrons. The van der Waals surface area contributed by atoms with Crippen LogP contribution in [0.1, 0.15) is 29.7 Å². The SMILES string of the molecule is CC(=O)c1ccc(NC(=O)CC2C(=O)Nc3ncnn32)cc1. The predicted molar refractivity (Wildman–Crippen MR) is 77.4 cm³/mol. The van der Waals surface area contributed by atoms with Crippen LogP contribution in [0.5, 0.6) is 0 Å². The predicted octanol–water partition coefficient (Wildman–Crippen LogP) is 1.00. The minimum absolute atomic E-state index is 0.0424. The van der Waals surface area contributed by atoms with E-state index < -0.39 is 6.04 Å². The highest BCUT2D eigenvalue weighted by Crippen LogP contribution is 2.24. The van der Waals surface area contributed by atoms with Gasteiger partial charge in [-0.3, -0.25) is 19.7 Å². The van der Waals surface area contributed by atoms with E-state index in [9.17, 15) is 14.4 Å². The lowest BCUT2D eigenvalue weighted by atomic mass is 10.1. The Bertz CT molecular complexity index is 750. The second kappa shape index (κ2) is 5.40. The maximum absolute atomic E-state index is 12.0. The summed E-state index contributed by atoms with van der Waals surface area (Å²) < 4.78 is 1.39. The standard InChI is InChI=1S/C14H13N5O3/c1-8(20)9-2-4-10(5-3-9)17-12(21)6-11-13(22)18-14-15-7-16-19(11)14/h2-5,7,11H,6H2,1H3,(H,17,21)(H,15,16,18,22). The average molecular weight is 299 g/mol. The molecule has 1 unspecified atom stereocenters. The molecule has 8 heteroatoms. The topological polar surface area (TPSA) is 106 Å². The fourth-order valence-corrected chi connectivity index (χ4v) is 2.23. The summed E-state index contributed by atoms with van der Waals surface area (Å²) in [6.45, 7) is 1.47. The lowest BCUT2D eigenvalue weighted by Crippen LogP contribution is -2.23. The van der Waals surface area contributed by atoms with Crippen LogP contribution in [0.3, 0.4) is 0 Å². The number of Topliss-reactive ketones (excluding diaryl/α,β-unsaturated/α-hetero) is 1. The fourth-order valence-electron chi connectivity index (χ4n) is 2.23. The van der Waals surface area contributed by atoms with Gasteiger partial charge in [-0.1, -0.05) is 0 Å². The smallest absolute Gasteiger partial charge is 0.252 e. The number of ketones is 1. The van der Waals surface area contributed by atoms with Gasteiger partial charge in [-0.15, -0.1) is 0 Å². The van der Waals surface area contributed by atoms with E-state index in [2.05, 4.69) is 20.7 Å². The largest absolute Gasteiger partial charge is 0.326 e. The van der Waals surface area contributed by atoms with Gasteiger partial charge >= 0.3 is 0 Å². The highest BCUT2D eigenvalue weighted by Gasteiger charge is 2.33. The first-order valence-electron chi connectivity index (χ1n) is 6.66. The number of hydrogen-bond acceptors (Lipinski definition) is 5. The van der Waals surface area contributed by atoms with Crippen LogP contribution in [-0.4, -0.2) is 32.4 Å². The lowest BCUT2D eigenvalue weighted by molar-refractivity contribution is -0.123. The van der Waals surface area contributed by atoms with Crippen LogP contribution in [-0.2, 0) is 9.59 Å². The van der Waals surface area contributed by atoms with Crippen molar-refractivity contribution in [2.24, 2.45) is 0 Å². The third kappa shape index (κ3) is 2.58. The van der Waals surface area contributed by atoms with Gasteiger partial charge < -0.3 is 5.32 Å². The Morgan fingerprint density at radius 3 is 2.73 bits per heavy atom. The van der Waals surface area contributed by atoms with Crippen LogP contribution in [0.25, 0.3) is 0 Å². The van der Waals surface area contributed by atoms with E-state index in [0.717, 1.165) is 0 Å². The van der Waals surface area contributed by atoms with E-state index >= 15 is 0 Å². The van der Waals surface area contributed by atoms with Crippen molar-refractivity contribution >= 4 is 29.2 Å².